The van der Waals surface area contributed by atoms with Crippen molar-refractivity contribution in [1.82, 2.24) is 0 Å². The summed E-state index contributed by atoms with van der Waals surface area (Å²) >= 11 is 5.73. The van der Waals surface area contributed by atoms with E-state index in [4.69, 9.17) is 16.7 Å². The second kappa shape index (κ2) is 6.77. The summed E-state index contributed by atoms with van der Waals surface area (Å²) in [6.07, 6.45) is -3.45. The van der Waals surface area contributed by atoms with Crippen LogP contribution in [-0.2, 0) is 11.0 Å². The number of hydrogen-bond acceptors (Lipinski definition) is 2. The van der Waals surface area contributed by atoms with Crippen LogP contribution in [0.15, 0.2) is 18.2 Å². The second-order valence-electron chi connectivity index (χ2n) is 3.92. The Morgan fingerprint density at radius 3 is 2.58 bits per heavy atom. The van der Waals surface area contributed by atoms with E-state index in [-0.39, 0.29) is 23.7 Å². The lowest BCUT2D eigenvalue weighted by Crippen LogP contribution is -2.13. The topological polar surface area (TPSA) is 49.3 Å². The van der Waals surface area contributed by atoms with E-state index in [1.54, 1.807) is 0 Å². The van der Waals surface area contributed by atoms with Crippen molar-refractivity contribution in [2.45, 2.75) is 25.4 Å². The molecule has 0 radical (unpaired) electrons. The van der Waals surface area contributed by atoms with Gasteiger partial charge in [-0.15, -0.1) is 0 Å². The zero-order valence-electron chi connectivity index (χ0n) is 9.93. The molecule has 3 nitrogen and oxygen atoms in total. The monoisotopic (exact) mass is 295 g/mol. The molecule has 0 saturated carbocycles. The molecule has 1 aromatic carbocycles. The summed E-state index contributed by atoms with van der Waals surface area (Å²) in [4.78, 5) is 11.5. The number of nitrogens with one attached hydrogen (secondary N) is 1. The maximum Gasteiger partial charge on any atom is 0.416 e. The van der Waals surface area contributed by atoms with Crippen LogP contribution in [0.2, 0.25) is 5.02 Å². The fourth-order valence-electron chi connectivity index (χ4n) is 1.41. The number of unbranched alkanes of at least 4 members (excludes halogenated alkanes) is 1. The van der Waals surface area contributed by atoms with E-state index in [2.05, 4.69) is 5.32 Å². The molecule has 7 heteroatoms. The Morgan fingerprint density at radius 2 is 2.00 bits per heavy atom. The minimum atomic E-state index is -4.49. The maximum atomic E-state index is 12.5. The largest absolute Gasteiger partial charge is 0.416 e. The van der Waals surface area contributed by atoms with Crippen molar-refractivity contribution in [2.24, 2.45) is 0 Å². The van der Waals surface area contributed by atoms with Gasteiger partial charge in [0.05, 0.1) is 16.3 Å². The van der Waals surface area contributed by atoms with E-state index >= 15 is 0 Å². The molecule has 0 spiro atoms. The Balaban J connectivity index is 2.74. The van der Waals surface area contributed by atoms with Crippen LogP contribution < -0.4 is 5.32 Å². The number of carbonyl (C=O) groups is 1. The standard InChI is InChI=1S/C12H13ClF3NO2/c13-9-5-4-8(12(14,15)16)7-10(9)17-11(19)3-1-2-6-18/h4-5,7,18H,1-3,6H2,(H,17,19). The predicted octanol–water partition coefficient (Wildman–Crippen LogP) is 3.46. The third-order valence-electron chi connectivity index (χ3n) is 2.38. The Hall–Kier alpha value is -1.27. The average Bonchev–Trinajstić information content (AvgIpc) is 2.31. The van der Waals surface area contributed by atoms with Crippen molar-refractivity contribution in [2.75, 3.05) is 11.9 Å². The maximum absolute atomic E-state index is 12.5. The van der Waals surface area contributed by atoms with Gasteiger partial charge in [0, 0.05) is 13.0 Å². The third-order valence-corrected chi connectivity index (χ3v) is 2.71. The summed E-state index contributed by atoms with van der Waals surface area (Å²) < 4.78 is 37.5. The van der Waals surface area contributed by atoms with Gasteiger partial charge >= 0.3 is 6.18 Å². The smallest absolute Gasteiger partial charge is 0.396 e. The van der Waals surface area contributed by atoms with Gasteiger partial charge in [-0.2, -0.15) is 13.2 Å². The minimum Gasteiger partial charge on any atom is -0.396 e. The molecule has 0 heterocycles. The van der Waals surface area contributed by atoms with Crippen molar-refractivity contribution >= 4 is 23.2 Å². The van der Waals surface area contributed by atoms with E-state index in [0.717, 1.165) is 18.2 Å². The van der Waals surface area contributed by atoms with E-state index in [9.17, 15) is 18.0 Å². The molecular weight excluding hydrogens is 283 g/mol. The lowest BCUT2D eigenvalue weighted by atomic mass is 10.2. The highest BCUT2D eigenvalue weighted by Gasteiger charge is 2.31. The fraction of sp³-hybridized carbons (Fsp3) is 0.417. The number of aliphatic hydroxyl groups excluding tert-OH is 1. The van der Waals surface area contributed by atoms with Crippen LogP contribution >= 0.6 is 11.6 Å². The first kappa shape index (κ1) is 15.8. The summed E-state index contributed by atoms with van der Waals surface area (Å²) in [5, 5.41) is 10.9. The van der Waals surface area contributed by atoms with Crippen molar-refractivity contribution in [3.8, 4) is 0 Å². The number of amides is 1. The Kier molecular flexibility index (Phi) is 5.62. The first-order chi connectivity index (χ1) is 8.84. The van der Waals surface area contributed by atoms with Gasteiger partial charge in [-0.05, 0) is 31.0 Å². The molecule has 0 aliphatic heterocycles. The number of anilines is 1. The number of hydrogen-bond donors (Lipinski definition) is 2. The molecule has 0 atom stereocenters. The number of benzene rings is 1. The van der Waals surface area contributed by atoms with Gasteiger partial charge in [0.2, 0.25) is 5.91 Å². The number of rotatable bonds is 5. The van der Waals surface area contributed by atoms with Crippen LogP contribution in [-0.4, -0.2) is 17.6 Å². The van der Waals surface area contributed by atoms with Crippen molar-refractivity contribution < 1.29 is 23.1 Å². The van der Waals surface area contributed by atoms with Crippen LogP contribution in [0, 0.1) is 0 Å². The van der Waals surface area contributed by atoms with Crippen LogP contribution in [0.25, 0.3) is 0 Å². The van der Waals surface area contributed by atoms with Crippen molar-refractivity contribution in [3.63, 3.8) is 0 Å². The first-order valence-corrected chi connectivity index (χ1v) is 6.00. The van der Waals surface area contributed by atoms with Crippen LogP contribution in [0.1, 0.15) is 24.8 Å². The first-order valence-electron chi connectivity index (χ1n) is 5.62. The molecule has 0 bridgehead atoms. The highest BCUT2D eigenvalue weighted by molar-refractivity contribution is 6.33. The molecule has 0 aliphatic rings. The molecule has 2 N–H and O–H groups in total. The molecule has 1 aromatic rings. The van der Waals surface area contributed by atoms with Crippen LogP contribution in [0.3, 0.4) is 0 Å². The third kappa shape index (κ3) is 5.08. The van der Waals surface area contributed by atoms with Gasteiger partial charge in [-0.25, -0.2) is 0 Å². The molecule has 0 saturated heterocycles. The zero-order chi connectivity index (χ0) is 14.5. The summed E-state index contributed by atoms with van der Waals surface area (Å²) in [5.41, 5.74) is -0.937. The van der Waals surface area contributed by atoms with Crippen LogP contribution in [0.4, 0.5) is 18.9 Å². The summed E-state index contributed by atoms with van der Waals surface area (Å²) in [6, 6.07) is 2.74. The normalized spacial score (nSPS) is 11.4. The van der Waals surface area contributed by atoms with E-state index in [1.807, 2.05) is 0 Å². The SMILES string of the molecule is O=C(CCCCO)Nc1cc(C(F)(F)F)ccc1Cl. The quantitative estimate of drug-likeness (QED) is 0.817. The molecule has 0 aliphatic carbocycles. The van der Waals surface area contributed by atoms with Gasteiger partial charge in [0.1, 0.15) is 0 Å². The van der Waals surface area contributed by atoms with Gasteiger partial charge in [-0.1, -0.05) is 11.6 Å². The van der Waals surface area contributed by atoms with E-state index in [0.29, 0.717) is 12.8 Å². The number of halogens is 4. The van der Waals surface area contributed by atoms with Gasteiger partial charge in [0.15, 0.2) is 0 Å². The molecular formula is C12H13ClF3NO2. The molecule has 0 fully saturated rings. The number of aliphatic hydroxyl groups is 1. The lowest BCUT2D eigenvalue weighted by Gasteiger charge is -2.11. The van der Waals surface area contributed by atoms with Crippen molar-refractivity contribution in [3.05, 3.63) is 28.8 Å². The zero-order valence-corrected chi connectivity index (χ0v) is 10.7. The molecule has 106 valence electrons. The van der Waals surface area contributed by atoms with Crippen molar-refractivity contribution in [1.29, 1.82) is 0 Å². The molecule has 0 aromatic heterocycles. The summed E-state index contributed by atoms with van der Waals surface area (Å²) in [5.74, 6) is -0.435. The van der Waals surface area contributed by atoms with Crippen LogP contribution in [0.5, 0.6) is 0 Å². The molecule has 1 amide bonds. The van der Waals surface area contributed by atoms with E-state index in [1.165, 1.54) is 0 Å². The predicted molar refractivity (Wildman–Crippen MR) is 66.0 cm³/mol. The highest BCUT2D eigenvalue weighted by atomic mass is 35.5. The molecule has 19 heavy (non-hydrogen) atoms. The second-order valence-corrected chi connectivity index (χ2v) is 4.33. The summed E-state index contributed by atoms with van der Waals surface area (Å²) in [7, 11) is 0. The Morgan fingerprint density at radius 1 is 1.32 bits per heavy atom. The lowest BCUT2D eigenvalue weighted by molar-refractivity contribution is -0.137. The highest BCUT2D eigenvalue weighted by Crippen LogP contribution is 2.33. The fourth-order valence-corrected chi connectivity index (χ4v) is 1.57. The summed E-state index contributed by atoms with van der Waals surface area (Å²) in [6.45, 7) is -0.0302. The van der Waals surface area contributed by atoms with Gasteiger partial charge < -0.3 is 10.4 Å². The Bertz CT molecular complexity index is 449. The molecule has 0 unspecified atom stereocenters. The number of carbonyl (C=O) groups excluding carboxylic acids is 1. The number of alkyl halides is 3. The average molecular weight is 296 g/mol. The Labute approximate surface area is 113 Å². The minimum absolute atomic E-state index is 0.0302. The van der Waals surface area contributed by atoms with E-state index < -0.39 is 17.6 Å². The van der Waals surface area contributed by atoms with Gasteiger partial charge in [-0.3, -0.25) is 4.79 Å². The molecule has 1 rings (SSSR count). The van der Waals surface area contributed by atoms with Gasteiger partial charge in [0.25, 0.3) is 0 Å².